The largest absolute Gasteiger partial charge is 0.299 e. The Kier molecular flexibility index (Phi) is 4.58. The Labute approximate surface area is 156 Å². The van der Waals surface area contributed by atoms with Gasteiger partial charge in [-0.25, -0.2) is 8.42 Å². The van der Waals surface area contributed by atoms with E-state index in [-0.39, 0.29) is 17.6 Å². The van der Waals surface area contributed by atoms with E-state index in [1.807, 2.05) is 6.07 Å². The molecular formula is C22H28O3S. The summed E-state index contributed by atoms with van der Waals surface area (Å²) in [6, 6.07) is 8.53. The predicted molar refractivity (Wildman–Crippen MR) is 102 cm³/mol. The normalized spacial score (nSPS) is 33.8. The fraction of sp³-hybridized carbons (Fsp3) is 0.591. The van der Waals surface area contributed by atoms with E-state index >= 15 is 0 Å². The molecule has 0 radical (unpaired) electrons. The summed E-state index contributed by atoms with van der Waals surface area (Å²) >= 11 is 0. The number of ketones is 1. The minimum Gasteiger partial charge on any atom is -0.299 e. The number of allylic oxidation sites excluding steroid dienone is 1. The lowest BCUT2D eigenvalue weighted by atomic mass is 9.48. The maximum absolute atomic E-state index is 13.4. The van der Waals surface area contributed by atoms with Gasteiger partial charge in [0.1, 0.15) is 5.78 Å². The Bertz CT molecular complexity index is 759. The SMILES string of the molecule is C=CCC(CC(=O)C12CC3CC(CC(C3)C1)C2)S(=O)(=O)c1ccccc1. The van der Waals surface area contributed by atoms with Crippen LogP contribution in [-0.2, 0) is 14.6 Å². The second-order valence-corrected chi connectivity index (χ2v) is 11.1. The quantitative estimate of drug-likeness (QED) is 0.658. The van der Waals surface area contributed by atoms with Gasteiger partial charge in [-0.1, -0.05) is 24.3 Å². The van der Waals surface area contributed by atoms with Gasteiger partial charge in [0.25, 0.3) is 0 Å². The summed E-state index contributed by atoms with van der Waals surface area (Å²) in [6.07, 6.45) is 8.92. The van der Waals surface area contributed by atoms with Gasteiger partial charge in [-0.2, -0.15) is 0 Å². The van der Waals surface area contributed by atoms with E-state index in [0.717, 1.165) is 19.3 Å². The smallest absolute Gasteiger partial charge is 0.181 e. The van der Waals surface area contributed by atoms with Gasteiger partial charge in [-0.15, -0.1) is 6.58 Å². The summed E-state index contributed by atoms with van der Waals surface area (Å²) in [5, 5.41) is -0.692. The van der Waals surface area contributed by atoms with Crippen LogP contribution < -0.4 is 0 Å². The molecule has 4 fully saturated rings. The third-order valence-electron chi connectivity index (χ3n) is 6.98. The fourth-order valence-electron chi connectivity index (χ4n) is 6.18. The van der Waals surface area contributed by atoms with Crippen molar-refractivity contribution in [2.45, 2.75) is 61.5 Å². The Morgan fingerprint density at radius 2 is 1.62 bits per heavy atom. The molecule has 0 saturated heterocycles. The summed E-state index contributed by atoms with van der Waals surface area (Å²) in [7, 11) is -3.52. The second-order valence-electron chi connectivity index (χ2n) is 8.83. The van der Waals surface area contributed by atoms with Crippen LogP contribution in [0.1, 0.15) is 51.4 Å². The zero-order valence-corrected chi connectivity index (χ0v) is 16.1. The van der Waals surface area contributed by atoms with Gasteiger partial charge in [-0.3, -0.25) is 4.79 Å². The van der Waals surface area contributed by atoms with Gasteiger partial charge in [0.05, 0.1) is 10.1 Å². The molecule has 4 heteroatoms. The van der Waals surface area contributed by atoms with E-state index in [4.69, 9.17) is 0 Å². The Morgan fingerprint density at radius 1 is 1.08 bits per heavy atom. The molecule has 0 spiro atoms. The number of hydrogen-bond acceptors (Lipinski definition) is 3. The van der Waals surface area contributed by atoms with Crippen molar-refractivity contribution in [3.8, 4) is 0 Å². The predicted octanol–water partition coefficient (Wildman–Crippen LogP) is 4.58. The molecule has 4 aliphatic rings. The van der Waals surface area contributed by atoms with E-state index < -0.39 is 15.1 Å². The number of sulfone groups is 1. The maximum atomic E-state index is 13.4. The van der Waals surface area contributed by atoms with Gasteiger partial charge < -0.3 is 0 Å². The van der Waals surface area contributed by atoms with Crippen LogP contribution in [0.15, 0.2) is 47.9 Å². The van der Waals surface area contributed by atoms with Crippen molar-refractivity contribution in [1.82, 2.24) is 0 Å². The molecule has 0 aliphatic heterocycles. The van der Waals surface area contributed by atoms with E-state index in [9.17, 15) is 13.2 Å². The van der Waals surface area contributed by atoms with Crippen LogP contribution in [-0.4, -0.2) is 19.5 Å². The van der Waals surface area contributed by atoms with Crippen LogP contribution in [0, 0.1) is 23.2 Å². The van der Waals surface area contributed by atoms with Crippen LogP contribution in [0.25, 0.3) is 0 Å². The first-order valence-electron chi connectivity index (χ1n) is 9.86. The van der Waals surface area contributed by atoms with Crippen molar-refractivity contribution in [3.63, 3.8) is 0 Å². The van der Waals surface area contributed by atoms with E-state index in [1.54, 1.807) is 30.3 Å². The molecule has 0 aromatic heterocycles. The number of rotatable bonds is 7. The summed E-state index contributed by atoms with van der Waals surface area (Å²) < 4.78 is 26.2. The molecule has 3 nitrogen and oxygen atoms in total. The van der Waals surface area contributed by atoms with E-state index in [2.05, 4.69) is 6.58 Å². The number of carbonyl (C=O) groups is 1. The van der Waals surface area contributed by atoms with Crippen molar-refractivity contribution in [2.75, 3.05) is 0 Å². The molecule has 1 aromatic carbocycles. The van der Waals surface area contributed by atoms with Crippen LogP contribution in [0.5, 0.6) is 0 Å². The third-order valence-corrected chi connectivity index (χ3v) is 9.15. The number of benzene rings is 1. The van der Waals surface area contributed by atoms with E-state index in [1.165, 1.54) is 19.3 Å². The van der Waals surface area contributed by atoms with Crippen LogP contribution in [0.2, 0.25) is 0 Å². The lowest BCUT2D eigenvalue weighted by Crippen LogP contribution is -2.50. The minimum absolute atomic E-state index is 0.134. The van der Waals surface area contributed by atoms with Crippen LogP contribution in [0.3, 0.4) is 0 Å². The average Bonchev–Trinajstić information content (AvgIpc) is 2.61. The summed E-state index contributed by atoms with van der Waals surface area (Å²) in [4.78, 5) is 13.7. The van der Waals surface area contributed by atoms with Crippen molar-refractivity contribution in [2.24, 2.45) is 23.2 Å². The standard InChI is InChI=1S/C22H28O3S/c1-2-6-20(26(24,25)19-7-4-3-5-8-19)12-21(23)22-13-16-9-17(14-22)11-18(10-16)15-22/h2-5,7-8,16-18,20H,1,6,9-15H2. The highest BCUT2D eigenvalue weighted by Crippen LogP contribution is 2.60. The molecule has 1 unspecified atom stereocenters. The molecular weight excluding hydrogens is 344 g/mol. The average molecular weight is 373 g/mol. The molecule has 1 aromatic rings. The van der Waals surface area contributed by atoms with Crippen molar-refractivity contribution < 1.29 is 13.2 Å². The summed E-state index contributed by atoms with van der Waals surface area (Å²) in [5.41, 5.74) is -0.236. The van der Waals surface area contributed by atoms with Gasteiger partial charge in [0, 0.05) is 11.8 Å². The first-order chi connectivity index (χ1) is 12.4. The van der Waals surface area contributed by atoms with Crippen LogP contribution in [0.4, 0.5) is 0 Å². The van der Waals surface area contributed by atoms with Crippen molar-refractivity contribution in [1.29, 1.82) is 0 Å². The molecule has 5 rings (SSSR count). The van der Waals surface area contributed by atoms with Gasteiger partial charge in [-0.05, 0) is 74.8 Å². The Hall–Kier alpha value is -1.42. The summed E-state index contributed by atoms with van der Waals surface area (Å²) in [6.45, 7) is 3.73. The van der Waals surface area contributed by atoms with Gasteiger partial charge in [0.15, 0.2) is 9.84 Å². The molecule has 0 N–H and O–H groups in total. The number of hydrogen-bond donors (Lipinski definition) is 0. The molecule has 4 aliphatic carbocycles. The topological polar surface area (TPSA) is 51.2 Å². The number of Topliss-reactive ketones (excluding diaryl/α,β-unsaturated/α-hetero) is 1. The third kappa shape index (κ3) is 3.06. The molecule has 140 valence electrons. The minimum atomic E-state index is -3.52. The highest BCUT2D eigenvalue weighted by atomic mass is 32.2. The Balaban J connectivity index is 1.57. The molecule has 0 amide bonds. The van der Waals surface area contributed by atoms with Gasteiger partial charge in [0.2, 0.25) is 0 Å². The first kappa shape index (κ1) is 18.0. The molecule has 4 saturated carbocycles. The number of carbonyl (C=O) groups excluding carboxylic acids is 1. The van der Waals surface area contributed by atoms with Crippen molar-refractivity contribution in [3.05, 3.63) is 43.0 Å². The molecule has 0 heterocycles. The highest BCUT2D eigenvalue weighted by Gasteiger charge is 2.54. The molecule has 4 bridgehead atoms. The van der Waals surface area contributed by atoms with E-state index in [0.29, 0.717) is 29.1 Å². The molecule has 26 heavy (non-hydrogen) atoms. The highest BCUT2D eigenvalue weighted by molar-refractivity contribution is 7.92. The fourth-order valence-corrected chi connectivity index (χ4v) is 7.87. The first-order valence-corrected chi connectivity index (χ1v) is 11.4. The zero-order chi connectivity index (χ0) is 18.4. The zero-order valence-electron chi connectivity index (χ0n) is 15.3. The molecule has 1 atom stereocenters. The lowest BCUT2D eigenvalue weighted by molar-refractivity contribution is -0.143. The lowest BCUT2D eigenvalue weighted by Gasteiger charge is -2.56. The maximum Gasteiger partial charge on any atom is 0.181 e. The van der Waals surface area contributed by atoms with Crippen molar-refractivity contribution >= 4 is 15.6 Å². The summed E-state index contributed by atoms with van der Waals surface area (Å²) in [5.74, 6) is 2.26. The van der Waals surface area contributed by atoms with Crippen LogP contribution >= 0.6 is 0 Å². The Morgan fingerprint density at radius 3 is 2.12 bits per heavy atom. The van der Waals surface area contributed by atoms with Gasteiger partial charge >= 0.3 is 0 Å². The monoisotopic (exact) mass is 372 g/mol. The second kappa shape index (κ2) is 6.63.